The minimum Gasteiger partial charge on any atom is -0.383 e. The molecule has 0 saturated carbocycles. The second-order valence-electron chi connectivity index (χ2n) is 4.77. The highest BCUT2D eigenvalue weighted by Crippen LogP contribution is 2.13. The van der Waals surface area contributed by atoms with Crippen molar-refractivity contribution in [1.82, 2.24) is 20.4 Å². The number of hydrogen-bond donors (Lipinski definition) is 2. The van der Waals surface area contributed by atoms with Crippen molar-refractivity contribution in [1.29, 1.82) is 0 Å². The van der Waals surface area contributed by atoms with Crippen LogP contribution in [0.1, 0.15) is 35.1 Å². The average Bonchev–Trinajstić information content (AvgIpc) is 2.69. The number of carbonyl (C=O) groups is 1. The van der Waals surface area contributed by atoms with Gasteiger partial charge in [-0.15, -0.1) is 0 Å². The first-order valence-corrected chi connectivity index (χ1v) is 7.13. The van der Waals surface area contributed by atoms with Crippen molar-refractivity contribution in [2.24, 2.45) is 0 Å². The topological polar surface area (TPSA) is 68.2 Å². The van der Waals surface area contributed by atoms with Crippen molar-refractivity contribution < 1.29 is 9.53 Å². The van der Waals surface area contributed by atoms with E-state index in [-0.39, 0.29) is 5.91 Å². The summed E-state index contributed by atoms with van der Waals surface area (Å²) >= 11 is 0. The van der Waals surface area contributed by atoms with Crippen LogP contribution in [0.3, 0.4) is 0 Å². The highest BCUT2D eigenvalue weighted by atomic mass is 16.5. The first-order chi connectivity index (χ1) is 9.61. The molecule has 0 aromatic carbocycles. The van der Waals surface area contributed by atoms with Crippen LogP contribution in [-0.4, -0.2) is 49.0 Å². The minimum absolute atomic E-state index is 0.0455. The van der Waals surface area contributed by atoms with Crippen molar-refractivity contribution in [2.45, 2.75) is 33.7 Å². The smallest absolute Gasteiger partial charge is 0.255 e. The predicted octanol–water partition coefficient (Wildman–Crippen LogP) is 0.876. The van der Waals surface area contributed by atoms with Gasteiger partial charge in [-0.2, -0.15) is 5.10 Å². The molecule has 2 N–H and O–H groups in total. The van der Waals surface area contributed by atoms with Gasteiger partial charge in [0.1, 0.15) is 0 Å². The monoisotopic (exact) mass is 282 g/mol. The summed E-state index contributed by atoms with van der Waals surface area (Å²) in [6.07, 6.45) is 1.01. The molecule has 0 unspecified atom stereocenters. The third-order valence-corrected chi connectivity index (χ3v) is 3.11. The number of hydrogen-bond acceptors (Lipinski definition) is 4. The number of rotatable bonds is 9. The molecule has 114 valence electrons. The van der Waals surface area contributed by atoms with Crippen LogP contribution in [0.2, 0.25) is 0 Å². The Hall–Kier alpha value is -1.40. The lowest BCUT2D eigenvalue weighted by Crippen LogP contribution is -2.33. The third kappa shape index (κ3) is 4.61. The zero-order valence-corrected chi connectivity index (χ0v) is 13.0. The minimum atomic E-state index is -0.0455. The summed E-state index contributed by atoms with van der Waals surface area (Å²) in [6.45, 7) is 9.57. The van der Waals surface area contributed by atoms with Gasteiger partial charge in [-0.3, -0.25) is 9.48 Å². The standard InChI is InChI=1S/C14H26N4O2/c1-5-9-18-12(3)13(11(2)17-18)14(19)16-7-6-15-8-10-20-4/h15H,5-10H2,1-4H3,(H,16,19). The Morgan fingerprint density at radius 3 is 2.70 bits per heavy atom. The van der Waals surface area contributed by atoms with Gasteiger partial charge in [0.2, 0.25) is 0 Å². The van der Waals surface area contributed by atoms with Crippen molar-refractivity contribution in [2.75, 3.05) is 33.4 Å². The number of aromatic nitrogens is 2. The second kappa shape index (κ2) is 8.71. The van der Waals surface area contributed by atoms with Crippen LogP contribution in [-0.2, 0) is 11.3 Å². The maximum Gasteiger partial charge on any atom is 0.255 e. The number of aryl methyl sites for hydroxylation is 2. The van der Waals surface area contributed by atoms with E-state index in [1.807, 2.05) is 18.5 Å². The van der Waals surface area contributed by atoms with Gasteiger partial charge in [-0.05, 0) is 20.3 Å². The van der Waals surface area contributed by atoms with E-state index >= 15 is 0 Å². The van der Waals surface area contributed by atoms with Crippen LogP contribution in [0.25, 0.3) is 0 Å². The van der Waals surface area contributed by atoms with Crippen LogP contribution in [0, 0.1) is 13.8 Å². The van der Waals surface area contributed by atoms with Gasteiger partial charge in [0, 0.05) is 39.0 Å². The van der Waals surface area contributed by atoms with Gasteiger partial charge >= 0.3 is 0 Å². The van der Waals surface area contributed by atoms with Crippen LogP contribution in [0.4, 0.5) is 0 Å². The molecule has 0 atom stereocenters. The number of nitrogens with zero attached hydrogens (tertiary/aromatic N) is 2. The van der Waals surface area contributed by atoms with Crippen LogP contribution in [0.15, 0.2) is 0 Å². The summed E-state index contributed by atoms with van der Waals surface area (Å²) in [5, 5.41) is 10.5. The molecule has 1 heterocycles. The van der Waals surface area contributed by atoms with Gasteiger partial charge in [0.25, 0.3) is 5.91 Å². The third-order valence-electron chi connectivity index (χ3n) is 3.11. The van der Waals surface area contributed by atoms with E-state index < -0.39 is 0 Å². The van der Waals surface area contributed by atoms with E-state index in [0.29, 0.717) is 18.7 Å². The van der Waals surface area contributed by atoms with Crippen LogP contribution in [0.5, 0.6) is 0 Å². The van der Waals surface area contributed by atoms with E-state index in [4.69, 9.17) is 4.74 Å². The molecular weight excluding hydrogens is 256 g/mol. The van der Waals surface area contributed by atoms with Crippen molar-refractivity contribution in [3.8, 4) is 0 Å². The maximum absolute atomic E-state index is 12.2. The molecule has 20 heavy (non-hydrogen) atoms. The van der Waals surface area contributed by atoms with Gasteiger partial charge in [0.05, 0.1) is 17.9 Å². The Morgan fingerprint density at radius 1 is 1.30 bits per heavy atom. The van der Waals surface area contributed by atoms with E-state index in [9.17, 15) is 4.79 Å². The van der Waals surface area contributed by atoms with E-state index in [1.54, 1.807) is 7.11 Å². The van der Waals surface area contributed by atoms with Crippen LogP contribution >= 0.6 is 0 Å². The summed E-state index contributed by atoms with van der Waals surface area (Å²) in [6, 6.07) is 0. The highest BCUT2D eigenvalue weighted by molar-refractivity contribution is 5.96. The summed E-state index contributed by atoms with van der Waals surface area (Å²) < 4.78 is 6.84. The fourth-order valence-electron chi connectivity index (χ4n) is 2.11. The lowest BCUT2D eigenvalue weighted by Gasteiger charge is -2.07. The Morgan fingerprint density at radius 2 is 2.05 bits per heavy atom. The molecule has 6 heteroatoms. The first kappa shape index (κ1) is 16.7. The molecule has 0 aliphatic heterocycles. The van der Waals surface area contributed by atoms with Crippen molar-refractivity contribution >= 4 is 5.91 Å². The second-order valence-corrected chi connectivity index (χ2v) is 4.77. The molecule has 1 aromatic heterocycles. The molecule has 0 bridgehead atoms. The van der Waals surface area contributed by atoms with Gasteiger partial charge in [-0.1, -0.05) is 6.92 Å². The summed E-state index contributed by atoms with van der Waals surface area (Å²) in [7, 11) is 1.67. The zero-order valence-electron chi connectivity index (χ0n) is 13.0. The molecule has 6 nitrogen and oxygen atoms in total. The maximum atomic E-state index is 12.2. The summed E-state index contributed by atoms with van der Waals surface area (Å²) in [5.41, 5.74) is 2.44. The normalized spacial score (nSPS) is 10.8. The largest absolute Gasteiger partial charge is 0.383 e. The number of amides is 1. The molecular formula is C14H26N4O2. The van der Waals surface area contributed by atoms with Gasteiger partial charge in [-0.25, -0.2) is 0 Å². The molecule has 0 aliphatic rings. The Bertz CT molecular complexity index is 429. The van der Waals surface area contributed by atoms with E-state index in [2.05, 4.69) is 22.7 Å². The fraction of sp³-hybridized carbons (Fsp3) is 0.714. The molecule has 1 aromatic rings. The number of ether oxygens (including phenoxy) is 1. The van der Waals surface area contributed by atoms with Crippen molar-refractivity contribution in [3.63, 3.8) is 0 Å². The molecule has 0 radical (unpaired) electrons. The number of nitrogens with one attached hydrogen (secondary N) is 2. The molecule has 0 aliphatic carbocycles. The molecule has 0 spiro atoms. The molecule has 1 amide bonds. The Labute approximate surface area is 120 Å². The Balaban J connectivity index is 2.47. The summed E-state index contributed by atoms with van der Waals surface area (Å²) in [4.78, 5) is 12.2. The number of methoxy groups -OCH3 is 1. The lowest BCUT2D eigenvalue weighted by atomic mass is 10.2. The Kier molecular flexibility index (Phi) is 7.25. The highest BCUT2D eigenvalue weighted by Gasteiger charge is 2.17. The predicted molar refractivity (Wildman–Crippen MR) is 79.1 cm³/mol. The summed E-state index contributed by atoms with van der Waals surface area (Å²) in [5.74, 6) is -0.0455. The molecule has 0 saturated heterocycles. The molecule has 0 fully saturated rings. The van der Waals surface area contributed by atoms with Crippen LogP contribution < -0.4 is 10.6 Å². The average molecular weight is 282 g/mol. The van der Waals surface area contributed by atoms with Gasteiger partial charge < -0.3 is 15.4 Å². The first-order valence-electron chi connectivity index (χ1n) is 7.13. The van der Waals surface area contributed by atoms with Crippen molar-refractivity contribution in [3.05, 3.63) is 17.0 Å². The lowest BCUT2D eigenvalue weighted by molar-refractivity contribution is 0.0952. The van der Waals surface area contributed by atoms with Gasteiger partial charge in [0.15, 0.2) is 0 Å². The molecule has 1 rings (SSSR count). The number of carbonyl (C=O) groups excluding carboxylic acids is 1. The zero-order chi connectivity index (χ0) is 15.0. The SMILES string of the molecule is CCCn1nc(C)c(C(=O)NCCNCCOC)c1C. The van der Waals surface area contributed by atoms with E-state index in [0.717, 1.165) is 37.4 Å². The van der Waals surface area contributed by atoms with E-state index in [1.165, 1.54) is 0 Å². The quantitative estimate of drug-likeness (QED) is 0.660. The fourth-order valence-corrected chi connectivity index (χ4v) is 2.11.